The summed E-state index contributed by atoms with van der Waals surface area (Å²) in [4.78, 5) is 10.3. The van der Waals surface area contributed by atoms with Gasteiger partial charge in [0.05, 0.1) is 12.1 Å². The largest absolute Gasteiger partial charge is 0.494 e. The molecule has 1 aromatic carbocycles. The number of aldehydes is 1. The molecule has 1 aromatic rings. The van der Waals surface area contributed by atoms with Crippen LogP contribution in [0.4, 0.5) is 4.39 Å². The van der Waals surface area contributed by atoms with E-state index in [1.165, 1.54) is 13.2 Å². The van der Waals surface area contributed by atoms with E-state index < -0.39 is 5.82 Å². The summed E-state index contributed by atoms with van der Waals surface area (Å²) < 4.78 is 17.5. The Balaban J connectivity index is 3.26. The van der Waals surface area contributed by atoms with Crippen molar-refractivity contribution in [3.05, 3.63) is 28.5 Å². The van der Waals surface area contributed by atoms with Gasteiger partial charge in [0, 0.05) is 5.56 Å². The molecule has 0 bridgehead atoms. The summed E-state index contributed by atoms with van der Waals surface area (Å²) in [7, 11) is 1.32. The Morgan fingerprint density at radius 2 is 2.25 bits per heavy atom. The quantitative estimate of drug-likeness (QED) is 0.666. The van der Waals surface area contributed by atoms with Crippen LogP contribution < -0.4 is 4.74 Å². The highest BCUT2D eigenvalue weighted by atomic mass is 35.5. The van der Waals surface area contributed by atoms with E-state index in [-0.39, 0.29) is 16.3 Å². The van der Waals surface area contributed by atoms with E-state index in [2.05, 4.69) is 4.74 Å². The molecule has 64 valence electrons. The van der Waals surface area contributed by atoms with Crippen LogP contribution in [-0.4, -0.2) is 13.4 Å². The van der Waals surface area contributed by atoms with Crippen molar-refractivity contribution in [1.29, 1.82) is 0 Å². The second-order valence-corrected chi connectivity index (χ2v) is 2.53. The molecule has 2 nitrogen and oxygen atoms in total. The van der Waals surface area contributed by atoms with Gasteiger partial charge in [0.2, 0.25) is 0 Å². The minimum Gasteiger partial charge on any atom is -0.494 e. The molecule has 0 heterocycles. The Morgan fingerprint density at radius 1 is 1.58 bits per heavy atom. The molecule has 0 unspecified atom stereocenters. The van der Waals surface area contributed by atoms with Gasteiger partial charge in [0.15, 0.2) is 17.9 Å². The van der Waals surface area contributed by atoms with Crippen LogP contribution >= 0.6 is 11.6 Å². The molecule has 4 heteroatoms. The Morgan fingerprint density at radius 3 is 2.75 bits per heavy atom. The maximum absolute atomic E-state index is 12.8. The molecule has 0 aliphatic carbocycles. The third kappa shape index (κ3) is 1.56. The Labute approximate surface area is 73.9 Å². The number of hydrogen-bond donors (Lipinski definition) is 0. The van der Waals surface area contributed by atoms with Gasteiger partial charge in [-0.3, -0.25) is 4.79 Å². The van der Waals surface area contributed by atoms with E-state index in [1.54, 1.807) is 0 Å². The number of carbonyl (C=O) groups excluding carboxylic acids is 1. The Bertz CT molecular complexity index is 312. The molecule has 0 spiro atoms. The van der Waals surface area contributed by atoms with E-state index in [0.717, 1.165) is 6.07 Å². The molecule has 1 rings (SSSR count). The van der Waals surface area contributed by atoms with Crippen LogP contribution in [0.15, 0.2) is 12.1 Å². The summed E-state index contributed by atoms with van der Waals surface area (Å²) in [6.45, 7) is 0. The molecule has 0 fully saturated rings. The molecule has 0 aliphatic rings. The summed E-state index contributed by atoms with van der Waals surface area (Å²) in [6, 6.07) is 2.30. The van der Waals surface area contributed by atoms with Crippen molar-refractivity contribution < 1.29 is 13.9 Å². The molecule has 0 saturated heterocycles. The summed E-state index contributed by atoms with van der Waals surface area (Å²) in [6.07, 6.45) is 0.546. The fourth-order valence-electron chi connectivity index (χ4n) is 0.792. The van der Waals surface area contributed by atoms with Crippen LogP contribution in [0.1, 0.15) is 10.4 Å². The van der Waals surface area contributed by atoms with Crippen molar-refractivity contribution in [1.82, 2.24) is 0 Å². The second-order valence-electron chi connectivity index (χ2n) is 2.13. The van der Waals surface area contributed by atoms with Gasteiger partial charge in [-0.2, -0.15) is 0 Å². The lowest BCUT2D eigenvalue weighted by Crippen LogP contribution is -1.91. The van der Waals surface area contributed by atoms with Gasteiger partial charge in [0.1, 0.15) is 0 Å². The lowest BCUT2D eigenvalue weighted by atomic mass is 10.2. The SMILES string of the molecule is COc1cc(C=O)c(Cl)cc1F. The summed E-state index contributed by atoms with van der Waals surface area (Å²) >= 11 is 5.53. The van der Waals surface area contributed by atoms with Gasteiger partial charge in [-0.05, 0) is 12.1 Å². The smallest absolute Gasteiger partial charge is 0.166 e. The number of hydrogen-bond acceptors (Lipinski definition) is 2. The molecule has 0 saturated carbocycles. The van der Waals surface area contributed by atoms with Crippen molar-refractivity contribution in [3.8, 4) is 5.75 Å². The number of carbonyl (C=O) groups is 1. The first-order valence-corrected chi connectivity index (χ1v) is 3.55. The van der Waals surface area contributed by atoms with Gasteiger partial charge in [-0.1, -0.05) is 11.6 Å². The van der Waals surface area contributed by atoms with Gasteiger partial charge in [0.25, 0.3) is 0 Å². The zero-order valence-corrected chi connectivity index (χ0v) is 7.06. The highest BCUT2D eigenvalue weighted by Crippen LogP contribution is 2.24. The number of ether oxygens (including phenoxy) is 1. The van der Waals surface area contributed by atoms with Gasteiger partial charge >= 0.3 is 0 Å². The van der Waals surface area contributed by atoms with E-state index in [0.29, 0.717) is 6.29 Å². The van der Waals surface area contributed by atoms with Crippen LogP contribution in [0.3, 0.4) is 0 Å². The highest BCUT2D eigenvalue weighted by molar-refractivity contribution is 6.33. The number of halogens is 2. The molecule has 0 atom stereocenters. The summed E-state index contributed by atoms with van der Waals surface area (Å²) in [5.41, 5.74) is 0.218. The van der Waals surface area contributed by atoms with Crippen molar-refractivity contribution >= 4 is 17.9 Å². The minimum absolute atomic E-state index is 0.0153. The fraction of sp³-hybridized carbons (Fsp3) is 0.125. The maximum atomic E-state index is 12.8. The predicted molar refractivity (Wildman–Crippen MR) is 43.3 cm³/mol. The van der Waals surface area contributed by atoms with Gasteiger partial charge in [-0.25, -0.2) is 4.39 Å². The molecule has 0 aliphatic heterocycles. The van der Waals surface area contributed by atoms with Crippen molar-refractivity contribution in [2.45, 2.75) is 0 Å². The standard InChI is InChI=1S/C8H6ClFO2/c1-12-8-2-5(4-11)6(9)3-7(8)10/h2-4H,1H3. The number of methoxy groups -OCH3 is 1. The normalized spacial score (nSPS) is 9.58. The van der Waals surface area contributed by atoms with Crippen LogP contribution in [0.5, 0.6) is 5.75 Å². The molecule has 0 aromatic heterocycles. The Kier molecular flexibility index (Phi) is 2.65. The van der Waals surface area contributed by atoms with Crippen molar-refractivity contribution in [2.75, 3.05) is 7.11 Å². The molecule has 0 radical (unpaired) electrons. The first-order valence-electron chi connectivity index (χ1n) is 3.17. The van der Waals surface area contributed by atoms with E-state index >= 15 is 0 Å². The topological polar surface area (TPSA) is 26.3 Å². The third-order valence-electron chi connectivity index (χ3n) is 1.40. The lowest BCUT2D eigenvalue weighted by Gasteiger charge is -2.02. The zero-order valence-electron chi connectivity index (χ0n) is 6.30. The summed E-state index contributed by atoms with van der Waals surface area (Å²) in [5, 5.41) is 0.0864. The monoisotopic (exact) mass is 188 g/mol. The van der Waals surface area contributed by atoms with Gasteiger partial charge in [-0.15, -0.1) is 0 Å². The van der Waals surface area contributed by atoms with Crippen LogP contribution in [0.25, 0.3) is 0 Å². The zero-order chi connectivity index (χ0) is 9.14. The Hall–Kier alpha value is -1.09. The van der Waals surface area contributed by atoms with Crippen molar-refractivity contribution in [3.63, 3.8) is 0 Å². The van der Waals surface area contributed by atoms with Gasteiger partial charge < -0.3 is 4.74 Å². The maximum Gasteiger partial charge on any atom is 0.166 e. The predicted octanol–water partition coefficient (Wildman–Crippen LogP) is 2.30. The second kappa shape index (κ2) is 3.54. The molecular formula is C8H6ClFO2. The summed E-state index contributed by atoms with van der Waals surface area (Å²) in [5.74, 6) is -0.561. The van der Waals surface area contributed by atoms with Crippen LogP contribution in [-0.2, 0) is 0 Å². The van der Waals surface area contributed by atoms with E-state index in [4.69, 9.17) is 11.6 Å². The average Bonchev–Trinajstić information content (AvgIpc) is 2.05. The molecular weight excluding hydrogens is 183 g/mol. The third-order valence-corrected chi connectivity index (χ3v) is 1.73. The highest BCUT2D eigenvalue weighted by Gasteiger charge is 2.07. The lowest BCUT2D eigenvalue weighted by molar-refractivity contribution is 0.112. The van der Waals surface area contributed by atoms with Crippen LogP contribution in [0.2, 0.25) is 5.02 Å². The van der Waals surface area contributed by atoms with E-state index in [1.807, 2.05) is 0 Å². The molecule has 12 heavy (non-hydrogen) atoms. The minimum atomic E-state index is -0.576. The molecule has 0 amide bonds. The van der Waals surface area contributed by atoms with Crippen LogP contribution in [0, 0.1) is 5.82 Å². The van der Waals surface area contributed by atoms with Crippen molar-refractivity contribution in [2.24, 2.45) is 0 Å². The van der Waals surface area contributed by atoms with E-state index in [9.17, 15) is 9.18 Å². The first kappa shape index (κ1) is 9.00. The molecule has 0 N–H and O–H groups in total. The first-order chi connectivity index (χ1) is 5.69. The average molecular weight is 189 g/mol. The fourth-order valence-corrected chi connectivity index (χ4v) is 0.986. The number of rotatable bonds is 2. The number of benzene rings is 1.